The maximum atomic E-state index is 12.5. The summed E-state index contributed by atoms with van der Waals surface area (Å²) in [7, 11) is 0. The molecule has 0 spiro atoms. The predicted molar refractivity (Wildman–Crippen MR) is 58.5 cm³/mol. The molecule has 0 radical (unpaired) electrons. The highest BCUT2D eigenvalue weighted by atomic mass is 127. The molecule has 0 aromatic heterocycles. The van der Waals surface area contributed by atoms with Crippen molar-refractivity contribution in [2.45, 2.75) is 10.8 Å². The highest BCUT2D eigenvalue weighted by Crippen LogP contribution is 2.10. The number of halogens is 2. The topological polar surface area (TPSA) is 29.1 Å². The van der Waals surface area contributed by atoms with Gasteiger partial charge in [0.05, 0.1) is 3.92 Å². The Morgan fingerprint density at radius 2 is 2.00 bits per heavy atom. The zero-order chi connectivity index (χ0) is 9.84. The fourth-order valence-corrected chi connectivity index (χ4v) is 0.931. The molecule has 0 bridgehead atoms. The second-order valence-corrected chi connectivity index (χ2v) is 4.48. The van der Waals surface area contributed by atoms with Crippen molar-refractivity contribution >= 4 is 34.2 Å². The molecule has 1 amide bonds. The van der Waals surface area contributed by atoms with E-state index in [9.17, 15) is 9.18 Å². The number of nitrogens with one attached hydrogen (secondary N) is 1. The molecule has 0 aliphatic heterocycles. The molecule has 0 aliphatic carbocycles. The Labute approximate surface area is 89.7 Å². The normalized spacial score (nSPS) is 12.2. The zero-order valence-corrected chi connectivity index (χ0v) is 9.21. The van der Waals surface area contributed by atoms with Gasteiger partial charge in [-0.15, -0.1) is 0 Å². The summed E-state index contributed by atoms with van der Waals surface area (Å²) in [5.41, 5.74) is 0.620. The fraction of sp³-hybridized carbons (Fsp3) is 0.222. The maximum absolute atomic E-state index is 12.5. The Balaban J connectivity index is 2.65. The highest BCUT2D eigenvalue weighted by molar-refractivity contribution is 14.1. The van der Waals surface area contributed by atoms with E-state index < -0.39 is 0 Å². The minimum Gasteiger partial charge on any atom is -0.325 e. The molecule has 4 heteroatoms. The number of carbonyl (C=O) groups excluding carboxylic acids is 1. The Bertz CT molecular complexity index is 297. The van der Waals surface area contributed by atoms with Gasteiger partial charge in [0, 0.05) is 5.69 Å². The number of alkyl halides is 1. The summed E-state index contributed by atoms with van der Waals surface area (Å²) < 4.78 is 12.4. The summed E-state index contributed by atoms with van der Waals surface area (Å²) in [4.78, 5) is 11.2. The van der Waals surface area contributed by atoms with Gasteiger partial charge in [-0.25, -0.2) is 4.39 Å². The van der Waals surface area contributed by atoms with Crippen molar-refractivity contribution < 1.29 is 9.18 Å². The second kappa shape index (κ2) is 4.55. The summed E-state index contributed by atoms with van der Waals surface area (Å²) in [6, 6.07) is 5.69. The van der Waals surface area contributed by atoms with Crippen molar-refractivity contribution in [2.24, 2.45) is 0 Å². The molecule has 1 atom stereocenters. The van der Waals surface area contributed by atoms with Crippen molar-refractivity contribution in [1.82, 2.24) is 0 Å². The minimum absolute atomic E-state index is 0.0767. The second-order valence-electron chi connectivity index (χ2n) is 2.61. The van der Waals surface area contributed by atoms with Crippen LogP contribution in [0.1, 0.15) is 6.92 Å². The molecule has 1 rings (SSSR count). The number of benzene rings is 1. The van der Waals surface area contributed by atoms with Gasteiger partial charge in [-0.05, 0) is 31.2 Å². The van der Waals surface area contributed by atoms with Crippen LogP contribution in [0.25, 0.3) is 0 Å². The van der Waals surface area contributed by atoms with E-state index in [0.29, 0.717) is 5.69 Å². The molecule has 0 saturated carbocycles. The lowest BCUT2D eigenvalue weighted by atomic mass is 10.3. The molecule has 0 heterocycles. The van der Waals surface area contributed by atoms with Crippen LogP contribution in [-0.2, 0) is 4.79 Å². The molecule has 2 nitrogen and oxygen atoms in total. The van der Waals surface area contributed by atoms with E-state index in [1.807, 2.05) is 22.6 Å². The molecule has 13 heavy (non-hydrogen) atoms. The largest absolute Gasteiger partial charge is 0.325 e. The first-order chi connectivity index (χ1) is 6.09. The molecular weight excluding hydrogens is 284 g/mol. The summed E-state index contributed by atoms with van der Waals surface area (Å²) in [6.45, 7) is 1.79. The SMILES string of the molecule is C[C@H](I)C(=O)Nc1ccc(F)cc1. The highest BCUT2D eigenvalue weighted by Gasteiger charge is 2.07. The van der Waals surface area contributed by atoms with E-state index in [1.165, 1.54) is 24.3 Å². The Kier molecular flexibility index (Phi) is 3.65. The number of hydrogen-bond acceptors (Lipinski definition) is 1. The van der Waals surface area contributed by atoms with Gasteiger partial charge in [-0.2, -0.15) is 0 Å². The number of rotatable bonds is 2. The first kappa shape index (κ1) is 10.4. The molecule has 70 valence electrons. The Morgan fingerprint density at radius 3 is 2.46 bits per heavy atom. The molecular formula is C9H9FINO. The third-order valence-electron chi connectivity index (χ3n) is 1.47. The van der Waals surface area contributed by atoms with Gasteiger partial charge in [0.25, 0.3) is 0 Å². The average molecular weight is 293 g/mol. The van der Waals surface area contributed by atoms with Crippen LogP contribution in [0.5, 0.6) is 0 Å². The van der Waals surface area contributed by atoms with Crippen molar-refractivity contribution in [3.63, 3.8) is 0 Å². The van der Waals surface area contributed by atoms with Crippen LogP contribution in [-0.4, -0.2) is 9.83 Å². The molecule has 0 unspecified atom stereocenters. The molecule has 0 fully saturated rings. The summed E-state index contributed by atoms with van der Waals surface area (Å²) >= 11 is 2.02. The van der Waals surface area contributed by atoms with Crippen LogP contribution in [0.4, 0.5) is 10.1 Å². The number of carbonyl (C=O) groups is 1. The van der Waals surface area contributed by atoms with E-state index in [4.69, 9.17) is 0 Å². The maximum Gasteiger partial charge on any atom is 0.237 e. The lowest BCUT2D eigenvalue weighted by molar-refractivity contribution is -0.115. The molecule has 0 saturated heterocycles. The summed E-state index contributed by atoms with van der Waals surface area (Å²) in [6.07, 6.45) is 0. The van der Waals surface area contributed by atoms with Gasteiger partial charge >= 0.3 is 0 Å². The van der Waals surface area contributed by atoms with Crippen LogP contribution >= 0.6 is 22.6 Å². The van der Waals surface area contributed by atoms with Crippen LogP contribution < -0.4 is 5.32 Å². The van der Waals surface area contributed by atoms with Crippen LogP contribution in [0.15, 0.2) is 24.3 Å². The molecule has 1 N–H and O–H groups in total. The lowest BCUT2D eigenvalue weighted by Crippen LogP contribution is -2.19. The monoisotopic (exact) mass is 293 g/mol. The summed E-state index contributed by atoms with van der Waals surface area (Å²) in [5.74, 6) is -0.382. The van der Waals surface area contributed by atoms with E-state index >= 15 is 0 Å². The number of amides is 1. The number of anilines is 1. The van der Waals surface area contributed by atoms with E-state index in [2.05, 4.69) is 5.32 Å². The van der Waals surface area contributed by atoms with Crippen molar-refractivity contribution in [3.8, 4) is 0 Å². The van der Waals surface area contributed by atoms with Crippen LogP contribution in [0.3, 0.4) is 0 Å². The van der Waals surface area contributed by atoms with E-state index in [-0.39, 0.29) is 15.6 Å². The lowest BCUT2D eigenvalue weighted by Gasteiger charge is -2.05. The smallest absolute Gasteiger partial charge is 0.237 e. The first-order valence-electron chi connectivity index (χ1n) is 3.80. The van der Waals surface area contributed by atoms with Crippen LogP contribution in [0, 0.1) is 5.82 Å². The fourth-order valence-electron chi connectivity index (χ4n) is 0.775. The Morgan fingerprint density at radius 1 is 1.46 bits per heavy atom. The van der Waals surface area contributed by atoms with Gasteiger partial charge in [0.1, 0.15) is 5.82 Å². The van der Waals surface area contributed by atoms with Gasteiger partial charge in [-0.1, -0.05) is 22.6 Å². The average Bonchev–Trinajstić information content (AvgIpc) is 2.08. The predicted octanol–water partition coefficient (Wildman–Crippen LogP) is 2.59. The molecule has 1 aromatic rings. The van der Waals surface area contributed by atoms with Gasteiger partial charge in [-0.3, -0.25) is 4.79 Å². The van der Waals surface area contributed by atoms with E-state index in [0.717, 1.165) is 0 Å². The van der Waals surface area contributed by atoms with Gasteiger partial charge < -0.3 is 5.32 Å². The molecule has 1 aromatic carbocycles. The van der Waals surface area contributed by atoms with Crippen molar-refractivity contribution in [1.29, 1.82) is 0 Å². The zero-order valence-electron chi connectivity index (χ0n) is 7.05. The van der Waals surface area contributed by atoms with Gasteiger partial charge in [0.15, 0.2) is 0 Å². The van der Waals surface area contributed by atoms with Crippen molar-refractivity contribution in [3.05, 3.63) is 30.1 Å². The quantitative estimate of drug-likeness (QED) is 0.659. The van der Waals surface area contributed by atoms with E-state index in [1.54, 1.807) is 6.92 Å². The van der Waals surface area contributed by atoms with Gasteiger partial charge in [0.2, 0.25) is 5.91 Å². The molecule has 0 aliphatic rings. The first-order valence-corrected chi connectivity index (χ1v) is 5.04. The van der Waals surface area contributed by atoms with Crippen LogP contribution in [0.2, 0.25) is 0 Å². The number of hydrogen-bond donors (Lipinski definition) is 1. The third-order valence-corrected chi connectivity index (χ3v) is 2.04. The standard InChI is InChI=1S/C9H9FINO/c1-6(11)9(13)12-8-4-2-7(10)3-5-8/h2-6H,1H3,(H,12,13)/t6-/m0/s1. The van der Waals surface area contributed by atoms with Crippen molar-refractivity contribution in [2.75, 3.05) is 5.32 Å². The third kappa shape index (κ3) is 3.30. The minimum atomic E-state index is -0.305. The Hall–Kier alpha value is -0.650. The summed E-state index contributed by atoms with van der Waals surface area (Å²) in [5, 5.41) is 2.66.